The molecule has 1 heteroatoms. The minimum Gasteiger partial charge on any atom is -0.134 e. The molecule has 0 amide bonds. The largest absolute Gasteiger partial charge is 0.134 e. The number of rotatable bonds is 4. The van der Waals surface area contributed by atoms with E-state index in [9.17, 15) is 0 Å². The van der Waals surface area contributed by atoms with Crippen LogP contribution in [0.4, 0.5) is 0 Å². The van der Waals surface area contributed by atoms with Gasteiger partial charge < -0.3 is 0 Å². The van der Waals surface area contributed by atoms with Crippen LogP contribution in [-0.2, 0) is 0 Å². The van der Waals surface area contributed by atoms with Gasteiger partial charge in [0.2, 0.25) is 0 Å². The maximum absolute atomic E-state index is 2.24. The van der Waals surface area contributed by atoms with Crippen molar-refractivity contribution in [1.29, 1.82) is 0 Å². The molecule has 126 valence electrons. The van der Waals surface area contributed by atoms with Crippen LogP contribution in [0, 0.1) is 0 Å². The van der Waals surface area contributed by atoms with E-state index in [0.717, 1.165) is 0 Å². The van der Waals surface area contributed by atoms with Gasteiger partial charge in [-0.3, -0.25) is 0 Å². The minimum atomic E-state index is 1.25. The zero-order valence-electron chi connectivity index (χ0n) is 14.6. The molecule has 0 aliphatic heterocycles. The van der Waals surface area contributed by atoms with Crippen LogP contribution >= 0.6 is 8.86 Å². The summed E-state index contributed by atoms with van der Waals surface area (Å²) in [4.78, 5) is 0. The number of hydrogen-bond acceptors (Lipinski definition) is 0. The minimum absolute atomic E-state index is 1.25. The van der Waals surface area contributed by atoms with Crippen LogP contribution in [0.5, 0.6) is 0 Å². The monoisotopic (exact) mass is 352 g/mol. The number of benzene rings is 4. The fraction of sp³-hybridized carbons (Fsp3) is 0. The lowest BCUT2D eigenvalue weighted by Gasteiger charge is -2.18. The Labute approximate surface area is 157 Å². The van der Waals surface area contributed by atoms with Gasteiger partial charge in [0.05, 0.1) is 0 Å². The van der Waals surface area contributed by atoms with Crippen molar-refractivity contribution in [2.24, 2.45) is 0 Å². The van der Waals surface area contributed by atoms with Crippen LogP contribution in [0.1, 0.15) is 11.1 Å². The molecule has 0 heterocycles. The maximum Gasteiger partial charge on any atom is -0.00266 e. The Kier molecular flexibility index (Phi) is 4.86. The van der Waals surface area contributed by atoms with Crippen molar-refractivity contribution >= 4 is 14.2 Å². The average Bonchev–Trinajstić information content (AvgIpc) is 2.74. The van der Waals surface area contributed by atoms with Gasteiger partial charge >= 0.3 is 0 Å². The molecule has 0 N–H and O–H groups in total. The highest BCUT2D eigenvalue weighted by molar-refractivity contribution is 7.23. The first-order valence-corrected chi connectivity index (χ1v) is 9.54. The van der Waals surface area contributed by atoms with Crippen molar-refractivity contribution in [2.45, 2.75) is 0 Å². The molecule has 4 rings (SSSR count). The highest BCUT2D eigenvalue weighted by Gasteiger charge is 2.14. The van der Waals surface area contributed by atoms with Gasteiger partial charge in [0.1, 0.15) is 0 Å². The summed E-state index contributed by atoms with van der Waals surface area (Å²) in [5, 5.41) is 1.32. The van der Waals surface area contributed by atoms with Crippen molar-refractivity contribution in [3.05, 3.63) is 120 Å². The van der Waals surface area contributed by atoms with Gasteiger partial charge in [0, 0.05) is 0 Å². The van der Waals surface area contributed by atoms with Crippen LogP contribution in [-0.4, -0.2) is 5.29 Å². The van der Waals surface area contributed by atoms with Crippen LogP contribution in [0.15, 0.2) is 109 Å². The quantitative estimate of drug-likeness (QED) is 0.384. The van der Waals surface area contributed by atoms with Gasteiger partial charge in [-0.25, -0.2) is 0 Å². The topological polar surface area (TPSA) is 0 Å². The summed E-state index contributed by atoms with van der Waals surface area (Å²) >= 11 is 0. The molecule has 0 saturated carbocycles. The summed E-state index contributed by atoms with van der Waals surface area (Å²) in [6, 6.07) is 38.6. The molecule has 0 spiro atoms. The van der Waals surface area contributed by atoms with Gasteiger partial charge in [-0.05, 0) is 38.7 Å². The van der Waals surface area contributed by atoms with Gasteiger partial charge in [-0.2, -0.15) is 0 Å². The van der Waals surface area contributed by atoms with Crippen LogP contribution in [0.25, 0.3) is 22.3 Å². The van der Waals surface area contributed by atoms with E-state index < -0.39 is 0 Å². The van der Waals surface area contributed by atoms with E-state index in [2.05, 4.69) is 109 Å². The molecule has 0 fully saturated rings. The number of hydrogen-bond donors (Lipinski definition) is 0. The van der Waals surface area contributed by atoms with Crippen molar-refractivity contribution in [3.63, 3.8) is 0 Å². The van der Waals surface area contributed by atoms with Crippen LogP contribution < -0.4 is 0 Å². The average molecular weight is 352 g/mol. The molecule has 0 nitrogen and oxygen atoms in total. The fourth-order valence-corrected chi connectivity index (χ4v) is 3.90. The predicted octanol–water partition coefficient (Wildman–Crippen LogP) is 6.20. The second kappa shape index (κ2) is 7.60. The SMILES string of the molecule is [PH3]=C(c1ccccc1)c1cccc(-c2ccccc2)c1-c1ccccc1. The Bertz CT molecular complexity index is 1020. The van der Waals surface area contributed by atoms with Crippen LogP contribution in [0.3, 0.4) is 0 Å². The standard InChI is InChI=1S/C25H21P/c26-25(21-15-8-3-9-16-21)23-18-10-17-22(19-11-4-1-5-12-19)24(23)20-13-6-2-7-14-20/h1-18H,26H3. The highest BCUT2D eigenvalue weighted by Crippen LogP contribution is 2.36. The van der Waals surface area contributed by atoms with Gasteiger partial charge in [0.15, 0.2) is 0 Å². The second-order valence-corrected chi connectivity index (χ2v) is 7.01. The second-order valence-electron chi connectivity index (χ2n) is 6.30. The van der Waals surface area contributed by atoms with E-state index in [1.54, 1.807) is 0 Å². The molecule has 1 unspecified atom stereocenters. The third-order valence-electron chi connectivity index (χ3n) is 4.66. The Hall–Kier alpha value is -2.82. The first-order valence-electron chi connectivity index (χ1n) is 8.83. The Morgan fingerprint density at radius 2 is 1.04 bits per heavy atom. The lowest BCUT2D eigenvalue weighted by Crippen LogP contribution is -2.03. The molecule has 1 atom stereocenters. The third-order valence-corrected chi connectivity index (χ3v) is 5.45. The van der Waals surface area contributed by atoms with E-state index in [0.29, 0.717) is 0 Å². The molecule has 0 saturated heterocycles. The van der Waals surface area contributed by atoms with Crippen LogP contribution in [0.2, 0.25) is 0 Å². The van der Waals surface area contributed by atoms with E-state index in [-0.39, 0.29) is 0 Å². The molecule has 4 aromatic carbocycles. The molecule has 26 heavy (non-hydrogen) atoms. The Morgan fingerprint density at radius 3 is 1.65 bits per heavy atom. The Balaban J connectivity index is 1.97. The summed E-state index contributed by atoms with van der Waals surface area (Å²) < 4.78 is 0. The van der Waals surface area contributed by atoms with Crippen molar-refractivity contribution in [1.82, 2.24) is 0 Å². The zero-order valence-corrected chi connectivity index (χ0v) is 16.0. The van der Waals surface area contributed by atoms with E-state index >= 15 is 0 Å². The highest BCUT2D eigenvalue weighted by atomic mass is 31.0. The van der Waals surface area contributed by atoms with Crippen molar-refractivity contribution in [2.75, 3.05) is 0 Å². The maximum atomic E-state index is 2.24. The fourth-order valence-electron chi connectivity index (χ4n) is 3.37. The van der Waals surface area contributed by atoms with E-state index in [1.165, 1.54) is 38.7 Å². The lowest BCUT2D eigenvalue weighted by atomic mass is 9.88. The molecule has 0 radical (unpaired) electrons. The molecular formula is C25H21P. The van der Waals surface area contributed by atoms with Gasteiger partial charge in [-0.15, -0.1) is 8.86 Å². The zero-order chi connectivity index (χ0) is 17.8. The summed E-state index contributed by atoms with van der Waals surface area (Å²) in [5.41, 5.74) is 7.64. The smallest absolute Gasteiger partial charge is 0.00266 e. The summed E-state index contributed by atoms with van der Waals surface area (Å²) in [7, 11) is 1.97. The van der Waals surface area contributed by atoms with Gasteiger partial charge in [-0.1, -0.05) is 109 Å². The summed E-state index contributed by atoms with van der Waals surface area (Å²) in [6.07, 6.45) is 0. The first kappa shape index (κ1) is 16.6. The molecule has 0 bridgehead atoms. The molecule has 4 aromatic rings. The molecule has 0 aliphatic rings. The van der Waals surface area contributed by atoms with Gasteiger partial charge in [0.25, 0.3) is 0 Å². The van der Waals surface area contributed by atoms with E-state index in [4.69, 9.17) is 0 Å². The molecule has 0 aromatic heterocycles. The summed E-state index contributed by atoms with van der Waals surface area (Å²) in [5.74, 6) is 0. The lowest BCUT2D eigenvalue weighted by molar-refractivity contribution is 1.55. The van der Waals surface area contributed by atoms with Crippen molar-refractivity contribution in [3.8, 4) is 22.3 Å². The molecular weight excluding hydrogens is 331 g/mol. The third kappa shape index (κ3) is 3.29. The van der Waals surface area contributed by atoms with E-state index in [1.807, 2.05) is 8.86 Å². The first-order chi connectivity index (χ1) is 12.8. The normalized spacial score (nSPS) is 10.6. The Morgan fingerprint density at radius 1 is 0.500 bits per heavy atom. The molecule has 0 aliphatic carbocycles. The van der Waals surface area contributed by atoms with Crippen molar-refractivity contribution < 1.29 is 0 Å². The predicted molar refractivity (Wildman–Crippen MR) is 118 cm³/mol. The summed E-state index contributed by atoms with van der Waals surface area (Å²) in [6.45, 7) is 0.